The van der Waals surface area contributed by atoms with Gasteiger partial charge in [0.25, 0.3) is 0 Å². The van der Waals surface area contributed by atoms with Gasteiger partial charge in [0.05, 0.1) is 24.9 Å². The third-order valence-corrected chi connectivity index (χ3v) is 5.70. The van der Waals surface area contributed by atoms with E-state index in [9.17, 15) is 9.18 Å². The lowest BCUT2D eigenvalue weighted by Gasteiger charge is -2.26. The maximum Gasteiger partial charge on any atom is 0.217 e. The second kappa shape index (κ2) is 8.90. The molecule has 30 heavy (non-hydrogen) atoms. The van der Waals surface area contributed by atoms with Gasteiger partial charge in [0.1, 0.15) is 17.6 Å². The minimum absolute atomic E-state index is 0.0317. The molecule has 160 valence electrons. The van der Waals surface area contributed by atoms with Crippen LogP contribution in [-0.4, -0.2) is 36.2 Å². The summed E-state index contributed by atoms with van der Waals surface area (Å²) in [4.78, 5) is 17.4. The Bertz CT molecular complexity index is 886. The largest absolute Gasteiger partial charge is 0.489 e. The van der Waals surface area contributed by atoms with Crippen LogP contribution in [0, 0.1) is 5.82 Å². The molecule has 0 radical (unpaired) electrons. The molecule has 6 nitrogen and oxygen atoms in total. The molecule has 7 heteroatoms. The molecule has 1 saturated heterocycles. The number of aromatic nitrogens is 1. The first-order valence-electron chi connectivity index (χ1n) is 10.6. The van der Waals surface area contributed by atoms with Gasteiger partial charge >= 0.3 is 0 Å². The van der Waals surface area contributed by atoms with E-state index in [-0.39, 0.29) is 30.0 Å². The van der Waals surface area contributed by atoms with Crippen molar-refractivity contribution < 1.29 is 18.7 Å². The van der Waals surface area contributed by atoms with E-state index in [4.69, 9.17) is 9.47 Å². The summed E-state index contributed by atoms with van der Waals surface area (Å²) in [7, 11) is 0. The second-order valence-electron chi connectivity index (χ2n) is 8.11. The number of ether oxygens (including phenoxy) is 2. The smallest absolute Gasteiger partial charge is 0.217 e. The van der Waals surface area contributed by atoms with Crippen molar-refractivity contribution in [3.8, 4) is 11.5 Å². The fourth-order valence-electron chi connectivity index (χ4n) is 3.82. The first-order chi connectivity index (χ1) is 14.5. The summed E-state index contributed by atoms with van der Waals surface area (Å²) in [5.74, 6) is 1.20. The van der Waals surface area contributed by atoms with Crippen LogP contribution in [0.5, 0.6) is 11.5 Å². The first kappa shape index (κ1) is 20.4. The average molecular weight is 413 g/mol. The van der Waals surface area contributed by atoms with Crippen molar-refractivity contribution in [3.05, 3.63) is 47.9 Å². The van der Waals surface area contributed by atoms with Crippen LogP contribution in [-0.2, 0) is 4.79 Å². The number of nitrogens with zero attached hydrogens (tertiary/aromatic N) is 2. The maximum absolute atomic E-state index is 14.6. The molecule has 2 fully saturated rings. The van der Waals surface area contributed by atoms with Crippen LogP contribution in [0.25, 0.3) is 0 Å². The molecule has 1 N–H and O–H groups in total. The summed E-state index contributed by atoms with van der Waals surface area (Å²) in [6, 6.07) is 9.09. The first-order valence-corrected chi connectivity index (χ1v) is 10.6. The summed E-state index contributed by atoms with van der Waals surface area (Å²) in [6.07, 6.45) is 5.81. The zero-order valence-electron chi connectivity index (χ0n) is 17.4. The fraction of sp³-hybridized carbons (Fsp3) is 0.478. The molecular formula is C23H28FN3O3. The number of halogens is 1. The van der Waals surface area contributed by atoms with Crippen molar-refractivity contribution in [2.24, 2.45) is 0 Å². The number of carbonyl (C=O) groups is 1. The van der Waals surface area contributed by atoms with Gasteiger partial charge in [-0.15, -0.1) is 0 Å². The van der Waals surface area contributed by atoms with Crippen molar-refractivity contribution in [1.29, 1.82) is 0 Å². The summed E-state index contributed by atoms with van der Waals surface area (Å²) in [6.45, 7) is 4.72. The molecule has 0 bridgehead atoms. The number of hydrogen-bond acceptors (Lipinski definition) is 5. The number of pyridine rings is 1. The number of rotatable bonds is 7. The molecule has 1 unspecified atom stereocenters. The predicted molar refractivity (Wildman–Crippen MR) is 112 cm³/mol. The van der Waals surface area contributed by atoms with Crippen LogP contribution in [0.4, 0.5) is 10.2 Å². The molecule has 1 aliphatic heterocycles. The predicted octanol–water partition coefficient (Wildman–Crippen LogP) is 4.01. The highest BCUT2D eigenvalue weighted by molar-refractivity contribution is 5.73. The lowest BCUT2D eigenvalue weighted by atomic mass is 9.96. The molecular weight excluding hydrogens is 385 g/mol. The SMILES string of the molecule is CC(=O)N[C@@H](C)c1ccc(OC2CCN(c3ncc(OC4CCC4)cc3F)C2)cc1. The molecule has 2 heterocycles. The Morgan fingerprint density at radius 2 is 1.90 bits per heavy atom. The van der Waals surface area contributed by atoms with Gasteiger partial charge in [-0.2, -0.15) is 0 Å². The van der Waals surface area contributed by atoms with Gasteiger partial charge in [-0.1, -0.05) is 12.1 Å². The summed E-state index contributed by atoms with van der Waals surface area (Å²) in [5.41, 5.74) is 1.01. The lowest BCUT2D eigenvalue weighted by molar-refractivity contribution is -0.119. The summed E-state index contributed by atoms with van der Waals surface area (Å²) < 4.78 is 26.4. The highest BCUT2D eigenvalue weighted by Gasteiger charge is 2.27. The quantitative estimate of drug-likeness (QED) is 0.743. The van der Waals surface area contributed by atoms with Crippen molar-refractivity contribution in [2.75, 3.05) is 18.0 Å². The zero-order valence-corrected chi connectivity index (χ0v) is 17.4. The minimum Gasteiger partial charge on any atom is -0.489 e. The molecule has 1 saturated carbocycles. The zero-order chi connectivity index (χ0) is 21.1. The summed E-state index contributed by atoms with van der Waals surface area (Å²) >= 11 is 0. The molecule has 2 aromatic rings. The Labute approximate surface area is 176 Å². The van der Waals surface area contributed by atoms with Gasteiger partial charge in [0, 0.05) is 26.0 Å². The molecule has 1 aromatic carbocycles. The standard InChI is InChI=1S/C23H28FN3O3/c1-15(26-16(2)28)17-6-8-19(9-7-17)29-20-10-11-27(14-20)23-22(24)12-21(13-25-23)30-18-4-3-5-18/h6-9,12-13,15,18,20H,3-5,10-11,14H2,1-2H3,(H,26,28)/t15-,20?/m0/s1. The van der Waals surface area contributed by atoms with Crippen molar-refractivity contribution in [2.45, 2.75) is 57.8 Å². The van der Waals surface area contributed by atoms with Crippen molar-refractivity contribution in [3.63, 3.8) is 0 Å². The third-order valence-electron chi connectivity index (χ3n) is 5.70. The minimum atomic E-state index is -0.358. The van der Waals surface area contributed by atoms with Crippen molar-refractivity contribution in [1.82, 2.24) is 10.3 Å². The molecule has 2 aliphatic rings. The molecule has 4 rings (SSSR count). The van der Waals surface area contributed by atoms with Gasteiger partial charge in [0.2, 0.25) is 5.91 Å². The fourth-order valence-corrected chi connectivity index (χ4v) is 3.82. The lowest BCUT2D eigenvalue weighted by Crippen LogP contribution is -2.27. The Hall–Kier alpha value is -2.83. The van der Waals surface area contributed by atoms with Crippen LogP contribution >= 0.6 is 0 Å². The summed E-state index contributed by atoms with van der Waals surface area (Å²) in [5, 5.41) is 2.86. The highest BCUT2D eigenvalue weighted by atomic mass is 19.1. The van der Waals surface area contributed by atoms with E-state index in [1.54, 1.807) is 6.20 Å². The van der Waals surface area contributed by atoms with E-state index in [1.807, 2.05) is 36.1 Å². The van der Waals surface area contributed by atoms with Gasteiger partial charge < -0.3 is 19.7 Å². The third kappa shape index (κ3) is 4.83. The maximum atomic E-state index is 14.6. The Kier molecular flexibility index (Phi) is 6.06. The Balaban J connectivity index is 1.32. The van der Waals surface area contributed by atoms with Crippen molar-refractivity contribution >= 4 is 11.7 Å². The molecule has 1 aliphatic carbocycles. The van der Waals surface area contributed by atoms with E-state index in [0.717, 1.165) is 30.6 Å². The van der Waals surface area contributed by atoms with Gasteiger partial charge in [0.15, 0.2) is 11.6 Å². The number of amides is 1. The second-order valence-corrected chi connectivity index (χ2v) is 8.11. The van der Waals surface area contributed by atoms with Crippen LogP contribution in [0.3, 0.4) is 0 Å². The number of carbonyl (C=O) groups excluding carboxylic acids is 1. The normalized spacial score (nSPS) is 19.8. The molecule has 2 atom stereocenters. The molecule has 1 amide bonds. The molecule has 0 spiro atoms. The number of hydrogen-bond donors (Lipinski definition) is 1. The van der Waals surface area contributed by atoms with Crippen LogP contribution < -0.4 is 19.7 Å². The number of anilines is 1. The van der Waals surface area contributed by atoms with E-state index < -0.39 is 0 Å². The number of benzene rings is 1. The van der Waals surface area contributed by atoms with E-state index in [1.165, 1.54) is 19.4 Å². The monoisotopic (exact) mass is 413 g/mol. The Morgan fingerprint density at radius 3 is 2.53 bits per heavy atom. The van der Waals surface area contributed by atoms with Crippen LogP contribution in [0.1, 0.15) is 51.1 Å². The molecule has 1 aromatic heterocycles. The average Bonchev–Trinajstić information content (AvgIpc) is 3.13. The van der Waals surface area contributed by atoms with Gasteiger partial charge in [-0.25, -0.2) is 9.37 Å². The van der Waals surface area contributed by atoms with E-state index >= 15 is 0 Å². The Morgan fingerprint density at radius 1 is 1.17 bits per heavy atom. The van der Waals surface area contributed by atoms with Crippen LogP contribution in [0.2, 0.25) is 0 Å². The number of nitrogens with one attached hydrogen (secondary N) is 1. The highest BCUT2D eigenvalue weighted by Crippen LogP contribution is 2.29. The topological polar surface area (TPSA) is 63.7 Å². The van der Waals surface area contributed by atoms with Crippen LogP contribution in [0.15, 0.2) is 36.5 Å². The van der Waals surface area contributed by atoms with E-state index in [0.29, 0.717) is 24.7 Å². The van der Waals surface area contributed by atoms with E-state index in [2.05, 4.69) is 10.3 Å². The van der Waals surface area contributed by atoms with Gasteiger partial charge in [-0.3, -0.25) is 4.79 Å². The van der Waals surface area contributed by atoms with Gasteiger partial charge in [-0.05, 0) is 43.9 Å².